The number of para-hydroxylation sites is 1. The van der Waals surface area contributed by atoms with Gasteiger partial charge in [0.15, 0.2) is 0 Å². The summed E-state index contributed by atoms with van der Waals surface area (Å²) < 4.78 is 10.9. The number of aliphatic hydroxyl groups is 1. The summed E-state index contributed by atoms with van der Waals surface area (Å²) in [7, 11) is 7.45. The van der Waals surface area contributed by atoms with Crippen LogP contribution >= 0.6 is 0 Å². The van der Waals surface area contributed by atoms with E-state index in [2.05, 4.69) is 25.1 Å². The Bertz CT molecular complexity index is 813. The number of methoxy groups -OCH3 is 2. The number of rotatable bonds is 6. The quantitative estimate of drug-likeness (QED) is 0.808. The number of benzene rings is 2. The van der Waals surface area contributed by atoms with Gasteiger partial charge in [0.25, 0.3) is 0 Å². The lowest BCUT2D eigenvalue weighted by Gasteiger charge is -2.44. The zero-order valence-electron chi connectivity index (χ0n) is 17.3. The van der Waals surface area contributed by atoms with E-state index in [9.17, 15) is 5.11 Å². The molecule has 4 nitrogen and oxygen atoms in total. The molecule has 2 aromatic rings. The molecule has 1 fully saturated rings. The van der Waals surface area contributed by atoms with Gasteiger partial charge in [-0.25, -0.2) is 0 Å². The van der Waals surface area contributed by atoms with Crippen molar-refractivity contribution in [3.05, 3.63) is 65.2 Å². The second kappa shape index (κ2) is 8.80. The fourth-order valence-corrected chi connectivity index (χ4v) is 4.30. The lowest BCUT2D eigenvalue weighted by molar-refractivity contribution is -0.0190. The Morgan fingerprint density at radius 2 is 1.79 bits per heavy atom. The summed E-state index contributed by atoms with van der Waals surface area (Å²) in [4.78, 5) is 2.15. The van der Waals surface area contributed by atoms with E-state index in [1.807, 2.05) is 48.5 Å². The lowest BCUT2D eigenvalue weighted by Crippen LogP contribution is -2.44. The van der Waals surface area contributed by atoms with Gasteiger partial charge < -0.3 is 19.5 Å². The van der Waals surface area contributed by atoms with Crippen LogP contribution in [0, 0.1) is 5.92 Å². The molecule has 0 bridgehead atoms. The summed E-state index contributed by atoms with van der Waals surface area (Å²) in [5.41, 5.74) is 1.90. The second-order valence-corrected chi connectivity index (χ2v) is 7.76. The van der Waals surface area contributed by atoms with E-state index in [0.717, 1.165) is 54.0 Å². The SMILES string of the molecule is COc1ccc(C=C2CCCC(CN(C)C)C2(O)c2ccccc2OC)cc1. The first kappa shape index (κ1) is 20.4. The minimum Gasteiger partial charge on any atom is -0.497 e. The van der Waals surface area contributed by atoms with Gasteiger partial charge >= 0.3 is 0 Å². The van der Waals surface area contributed by atoms with Crippen LogP contribution in [0.4, 0.5) is 0 Å². The van der Waals surface area contributed by atoms with E-state index in [1.54, 1.807) is 14.2 Å². The number of nitrogens with zero attached hydrogens (tertiary/aromatic N) is 1. The molecule has 0 spiro atoms. The Kier molecular flexibility index (Phi) is 6.42. The molecule has 0 heterocycles. The molecule has 3 rings (SSSR count). The number of hydrogen-bond donors (Lipinski definition) is 1. The zero-order chi connectivity index (χ0) is 20.1. The van der Waals surface area contributed by atoms with Crippen molar-refractivity contribution in [3.63, 3.8) is 0 Å². The van der Waals surface area contributed by atoms with E-state index in [1.165, 1.54) is 0 Å². The third-order valence-corrected chi connectivity index (χ3v) is 5.64. The minimum atomic E-state index is -1.06. The first-order valence-electron chi connectivity index (χ1n) is 9.84. The summed E-state index contributed by atoms with van der Waals surface area (Å²) in [6.07, 6.45) is 5.04. The van der Waals surface area contributed by atoms with E-state index in [-0.39, 0.29) is 5.92 Å². The fourth-order valence-electron chi connectivity index (χ4n) is 4.30. The molecule has 4 heteroatoms. The summed E-state index contributed by atoms with van der Waals surface area (Å²) in [5, 5.41) is 12.2. The molecule has 28 heavy (non-hydrogen) atoms. The van der Waals surface area contributed by atoms with Crippen molar-refractivity contribution >= 4 is 6.08 Å². The highest BCUT2D eigenvalue weighted by Gasteiger charge is 2.45. The Morgan fingerprint density at radius 1 is 1.07 bits per heavy atom. The maximum Gasteiger partial charge on any atom is 0.125 e. The van der Waals surface area contributed by atoms with Crippen molar-refractivity contribution in [1.82, 2.24) is 4.90 Å². The molecule has 1 saturated carbocycles. The van der Waals surface area contributed by atoms with Crippen LogP contribution in [0.15, 0.2) is 54.1 Å². The van der Waals surface area contributed by atoms with Crippen LogP contribution in [-0.2, 0) is 5.60 Å². The van der Waals surface area contributed by atoms with Crippen molar-refractivity contribution < 1.29 is 14.6 Å². The van der Waals surface area contributed by atoms with Crippen LogP contribution in [-0.4, -0.2) is 44.9 Å². The van der Waals surface area contributed by atoms with Crippen molar-refractivity contribution in [2.75, 3.05) is 34.9 Å². The topological polar surface area (TPSA) is 41.9 Å². The molecule has 1 aliphatic rings. The van der Waals surface area contributed by atoms with Crippen molar-refractivity contribution in [2.24, 2.45) is 5.92 Å². The van der Waals surface area contributed by atoms with E-state index >= 15 is 0 Å². The van der Waals surface area contributed by atoms with Crippen LogP contribution < -0.4 is 9.47 Å². The zero-order valence-corrected chi connectivity index (χ0v) is 17.3. The summed E-state index contributed by atoms with van der Waals surface area (Å²) in [6, 6.07) is 15.8. The van der Waals surface area contributed by atoms with Crippen LogP contribution in [0.5, 0.6) is 11.5 Å². The standard InChI is InChI=1S/C24H31NO3/c1-25(2)17-20-9-7-8-19(16-18-12-14-21(27-3)15-13-18)24(20,26)22-10-5-6-11-23(22)28-4/h5-6,10-16,20,26H,7-9,17H2,1-4H3. The molecule has 1 N–H and O–H groups in total. The first-order valence-corrected chi connectivity index (χ1v) is 9.84. The van der Waals surface area contributed by atoms with Crippen LogP contribution in [0.2, 0.25) is 0 Å². The van der Waals surface area contributed by atoms with Gasteiger partial charge in [0.2, 0.25) is 0 Å². The molecule has 2 unspecified atom stereocenters. The van der Waals surface area contributed by atoms with Crippen molar-refractivity contribution in [3.8, 4) is 11.5 Å². The first-order chi connectivity index (χ1) is 13.5. The molecule has 0 radical (unpaired) electrons. The molecule has 0 amide bonds. The summed E-state index contributed by atoms with van der Waals surface area (Å²) in [5.74, 6) is 1.66. The van der Waals surface area contributed by atoms with Gasteiger partial charge in [0.1, 0.15) is 17.1 Å². The second-order valence-electron chi connectivity index (χ2n) is 7.76. The Labute approximate surface area is 168 Å². The molecule has 0 saturated heterocycles. The van der Waals surface area contributed by atoms with Gasteiger partial charge in [-0.05, 0) is 62.7 Å². The predicted molar refractivity (Wildman–Crippen MR) is 114 cm³/mol. The molecule has 1 aliphatic carbocycles. The Balaban J connectivity index is 2.11. The van der Waals surface area contributed by atoms with Crippen molar-refractivity contribution in [2.45, 2.75) is 24.9 Å². The highest BCUT2D eigenvalue weighted by molar-refractivity contribution is 5.59. The van der Waals surface area contributed by atoms with Gasteiger partial charge in [0.05, 0.1) is 14.2 Å². The maximum atomic E-state index is 12.2. The lowest BCUT2D eigenvalue weighted by atomic mass is 9.67. The third kappa shape index (κ3) is 4.08. The predicted octanol–water partition coefficient (Wildman–Crippen LogP) is 4.34. The van der Waals surface area contributed by atoms with Gasteiger partial charge in [-0.3, -0.25) is 0 Å². The van der Waals surface area contributed by atoms with Gasteiger partial charge in [-0.15, -0.1) is 0 Å². The van der Waals surface area contributed by atoms with E-state index in [4.69, 9.17) is 9.47 Å². The molecular formula is C24H31NO3. The van der Waals surface area contributed by atoms with Crippen molar-refractivity contribution in [1.29, 1.82) is 0 Å². The van der Waals surface area contributed by atoms with Gasteiger partial charge in [-0.1, -0.05) is 36.4 Å². The average molecular weight is 382 g/mol. The van der Waals surface area contributed by atoms with Gasteiger partial charge in [0, 0.05) is 18.0 Å². The molecule has 2 atom stereocenters. The van der Waals surface area contributed by atoms with Crippen LogP contribution in [0.3, 0.4) is 0 Å². The van der Waals surface area contributed by atoms with E-state index < -0.39 is 5.60 Å². The molecule has 0 aromatic heterocycles. The number of ether oxygens (including phenoxy) is 2. The molecule has 150 valence electrons. The van der Waals surface area contributed by atoms with Crippen LogP contribution in [0.25, 0.3) is 6.08 Å². The molecule has 2 aromatic carbocycles. The fraction of sp³-hybridized carbons (Fsp3) is 0.417. The summed E-state index contributed by atoms with van der Waals surface area (Å²) >= 11 is 0. The van der Waals surface area contributed by atoms with Crippen LogP contribution in [0.1, 0.15) is 30.4 Å². The minimum absolute atomic E-state index is 0.0945. The number of hydrogen-bond acceptors (Lipinski definition) is 4. The Hall–Kier alpha value is -2.30. The molecular weight excluding hydrogens is 350 g/mol. The monoisotopic (exact) mass is 381 g/mol. The highest BCUT2D eigenvalue weighted by atomic mass is 16.5. The third-order valence-electron chi connectivity index (χ3n) is 5.64. The molecule has 0 aliphatic heterocycles. The maximum absolute atomic E-state index is 12.2. The highest BCUT2D eigenvalue weighted by Crippen LogP contribution is 2.49. The van der Waals surface area contributed by atoms with Gasteiger partial charge in [-0.2, -0.15) is 0 Å². The average Bonchev–Trinajstić information content (AvgIpc) is 2.71. The smallest absolute Gasteiger partial charge is 0.125 e. The largest absolute Gasteiger partial charge is 0.497 e. The Morgan fingerprint density at radius 3 is 2.43 bits per heavy atom. The summed E-state index contributed by atoms with van der Waals surface area (Å²) in [6.45, 7) is 0.814. The normalized spacial score (nSPS) is 23.8. The van der Waals surface area contributed by atoms with E-state index in [0.29, 0.717) is 0 Å².